The van der Waals surface area contributed by atoms with Crippen molar-refractivity contribution in [3.8, 4) is 0 Å². The number of amides is 1. The van der Waals surface area contributed by atoms with Gasteiger partial charge in [0.25, 0.3) is 5.91 Å². The Morgan fingerprint density at radius 1 is 1.57 bits per heavy atom. The zero-order chi connectivity index (χ0) is 10.7. The van der Waals surface area contributed by atoms with Gasteiger partial charge in [-0.3, -0.25) is 4.79 Å². The molecule has 14 heavy (non-hydrogen) atoms. The minimum atomic E-state index is -0.0756. The fourth-order valence-corrected chi connectivity index (χ4v) is 1.43. The van der Waals surface area contributed by atoms with Crippen molar-refractivity contribution in [2.24, 2.45) is 0 Å². The molecule has 0 aliphatic heterocycles. The van der Waals surface area contributed by atoms with Crippen LogP contribution in [-0.2, 0) is 0 Å². The molecule has 2 nitrogen and oxygen atoms in total. The van der Waals surface area contributed by atoms with Crippen LogP contribution in [0.5, 0.6) is 0 Å². The highest BCUT2D eigenvalue weighted by Crippen LogP contribution is 2.20. The van der Waals surface area contributed by atoms with Crippen LogP contribution in [0.25, 0.3) is 0 Å². The first-order valence-electron chi connectivity index (χ1n) is 4.30. The average Bonchev–Trinajstić information content (AvgIpc) is 2.19. The number of halogens is 1. The molecule has 1 rings (SSSR count). The van der Waals surface area contributed by atoms with Gasteiger partial charge >= 0.3 is 0 Å². The maximum Gasteiger partial charge on any atom is 0.255 e. The number of benzene rings is 1. The van der Waals surface area contributed by atoms with Gasteiger partial charge in [0.15, 0.2) is 0 Å². The van der Waals surface area contributed by atoms with Crippen molar-refractivity contribution < 1.29 is 4.79 Å². The van der Waals surface area contributed by atoms with Gasteiger partial charge in [0, 0.05) is 18.5 Å². The summed E-state index contributed by atoms with van der Waals surface area (Å²) in [4.78, 5) is 14.1. The van der Waals surface area contributed by atoms with Crippen LogP contribution in [-0.4, -0.2) is 24.4 Å². The molecule has 76 valence electrons. The maximum absolute atomic E-state index is 11.8. The quantitative estimate of drug-likeness (QED) is 0.774. The summed E-state index contributed by atoms with van der Waals surface area (Å²) in [6, 6.07) is 5.12. The van der Waals surface area contributed by atoms with Crippen molar-refractivity contribution in [1.82, 2.24) is 4.90 Å². The molecule has 0 saturated carbocycles. The van der Waals surface area contributed by atoms with E-state index >= 15 is 0 Å². The number of carbonyl (C=O) groups is 1. The molecule has 4 heteroatoms. The van der Waals surface area contributed by atoms with E-state index in [9.17, 15) is 4.79 Å². The monoisotopic (exact) mass is 229 g/mol. The lowest BCUT2D eigenvalue weighted by Gasteiger charge is -2.15. The van der Waals surface area contributed by atoms with Crippen molar-refractivity contribution in [3.63, 3.8) is 0 Å². The van der Waals surface area contributed by atoms with Gasteiger partial charge in [-0.1, -0.05) is 11.6 Å². The zero-order valence-corrected chi connectivity index (χ0v) is 9.77. The molecule has 0 aromatic heterocycles. The third kappa shape index (κ3) is 2.42. The van der Waals surface area contributed by atoms with Crippen LogP contribution in [0.2, 0.25) is 5.02 Å². The van der Waals surface area contributed by atoms with Crippen molar-refractivity contribution in [2.75, 3.05) is 13.6 Å². The second kappa shape index (κ2) is 4.71. The number of thiol groups is 1. The highest BCUT2D eigenvalue weighted by atomic mass is 35.5. The van der Waals surface area contributed by atoms with Gasteiger partial charge in [-0.2, -0.15) is 0 Å². The summed E-state index contributed by atoms with van der Waals surface area (Å²) in [5.74, 6) is -0.0756. The summed E-state index contributed by atoms with van der Waals surface area (Å²) in [5.41, 5.74) is 0.503. The molecule has 0 saturated heterocycles. The molecule has 0 aliphatic carbocycles. The van der Waals surface area contributed by atoms with Gasteiger partial charge < -0.3 is 4.90 Å². The number of nitrogens with zero attached hydrogens (tertiary/aromatic N) is 1. The summed E-state index contributed by atoms with van der Waals surface area (Å²) in [6.45, 7) is 2.57. The van der Waals surface area contributed by atoms with E-state index in [4.69, 9.17) is 11.6 Å². The van der Waals surface area contributed by atoms with E-state index in [2.05, 4.69) is 12.6 Å². The van der Waals surface area contributed by atoms with Crippen molar-refractivity contribution in [3.05, 3.63) is 28.8 Å². The SMILES string of the molecule is CCN(C)C(=O)c1cc(S)ccc1Cl. The van der Waals surface area contributed by atoms with E-state index in [1.165, 1.54) is 0 Å². The molecule has 0 fully saturated rings. The Labute approximate surface area is 94.3 Å². The third-order valence-electron chi connectivity index (χ3n) is 2.00. The Kier molecular flexibility index (Phi) is 3.84. The van der Waals surface area contributed by atoms with E-state index in [1.54, 1.807) is 30.1 Å². The maximum atomic E-state index is 11.8. The third-order valence-corrected chi connectivity index (χ3v) is 2.61. The molecular formula is C10H12ClNOS. The molecule has 0 bridgehead atoms. The predicted octanol–water partition coefficient (Wildman–Crippen LogP) is 2.72. The Morgan fingerprint density at radius 2 is 2.21 bits per heavy atom. The summed E-state index contributed by atoms with van der Waals surface area (Å²) in [5, 5.41) is 0.466. The van der Waals surface area contributed by atoms with Crippen LogP contribution in [0.15, 0.2) is 23.1 Å². The smallest absolute Gasteiger partial charge is 0.255 e. The Bertz CT molecular complexity index is 354. The molecule has 0 spiro atoms. The number of rotatable bonds is 2. The molecule has 0 heterocycles. The minimum Gasteiger partial charge on any atom is -0.342 e. The van der Waals surface area contributed by atoms with E-state index in [1.807, 2.05) is 6.92 Å². The summed E-state index contributed by atoms with van der Waals surface area (Å²) >= 11 is 10.1. The molecule has 0 radical (unpaired) electrons. The fraction of sp³-hybridized carbons (Fsp3) is 0.300. The lowest BCUT2D eigenvalue weighted by molar-refractivity contribution is 0.0802. The van der Waals surface area contributed by atoms with Crippen LogP contribution >= 0.6 is 24.2 Å². The highest BCUT2D eigenvalue weighted by molar-refractivity contribution is 7.80. The number of carbonyl (C=O) groups excluding carboxylic acids is 1. The normalized spacial score (nSPS) is 10.0. The molecule has 0 aliphatic rings. The van der Waals surface area contributed by atoms with Crippen LogP contribution in [0.3, 0.4) is 0 Å². The highest BCUT2D eigenvalue weighted by Gasteiger charge is 2.13. The predicted molar refractivity (Wildman–Crippen MR) is 61.3 cm³/mol. The molecule has 1 aromatic rings. The fourth-order valence-electron chi connectivity index (χ4n) is 1.03. The van der Waals surface area contributed by atoms with Gasteiger partial charge in [-0.15, -0.1) is 12.6 Å². The lowest BCUT2D eigenvalue weighted by atomic mass is 10.2. The van der Waals surface area contributed by atoms with Gasteiger partial charge in [0.1, 0.15) is 0 Å². The van der Waals surface area contributed by atoms with Crippen LogP contribution < -0.4 is 0 Å². The standard InChI is InChI=1S/C10H12ClNOS/c1-3-12(2)10(13)8-6-7(14)4-5-9(8)11/h4-6,14H,3H2,1-2H3. The summed E-state index contributed by atoms with van der Waals surface area (Å²) in [7, 11) is 1.74. The van der Waals surface area contributed by atoms with Gasteiger partial charge in [0.05, 0.1) is 10.6 Å². The molecule has 1 amide bonds. The molecule has 0 atom stereocenters. The Morgan fingerprint density at radius 3 is 2.79 bits per heavy atom. The van der Waals surface area contributed by atoms with Crippen molar-refractivity contribution in [1.29, 1.82) is 0 Å². The van der Waals surface area contributed by atoms with Gasteiger partial charge in [-0.05, 0) is 25.1 Å². The van der Waals surface area contributed by atoms with E-state index in [-0.39, 0.29) is 5.91 Å². The Balaban J connectivity index is 3.06. The topological polar surface area (TPSA) is 20.3 Å². The van der Waals surface area contributed by atoms with Crippen LogP contribution in [0, 0.1) is 0 Å². The lowest BCUT2D eigenvalue weighted by Crippen LogP contribution is -2.26. The number of hydrogen-bond donors (Lipinski definition) is 1. The summed E-state index contributed by atoms with van der Waals surface area (Å²) in [6.07, 6.45) is 0. The Hall–Kier alpha value is -0.670. The van der Waals surface area contributed by atoms with Crippen LogP contribution in [0.1, 0.15) is 17.3 Å². The average molecular weight is 230 g/mol. The van der Waals surface area contributed by atoms with Crippen LogP contribution in [0.4, 0.5) is 0 Å². The minimum absolute atomic E-state index is 0.0756. The second-order valence-corrected chi connectivity index (χ2v) is 3.91. The van der Waals surface area contributed by atoms with E-state index < -0.39 is 0 Å². The van der Waals surface area contributed by atoms with Gasteiger partial charge in [-0.25, -0.2) is 0 Å². The van der Waals surface area contributed by atoms with Crippen molar-refractivity contribution in [2.45, 2.75) is 11.8 Å². The second-order valence-electron chi connectivity index (χ2n) is 2.98. The van der Waals surface area contributed by atoms with E-state index in [0.717, 1.165) is 4.90 Å². The summed E-state index contributed by atoms with van der Waals surface area (Å²) < 4.78 is 0. The molecular weight excluding hydrogens is 218 g/mol. The molecule has 0 N–H and O–H groups in total. The van der Waals surface area contributed by atoms with E-state index in [0.29, 0.717) is 17.1 Å². The first kappa shape index (κ1) is 11.4. The number of hydrogen-bond acceptors (Lipinski definition) is 2. The zero-order valence-electron chi connectivity index (χ0n) is 8.12. The first-order chi connectivity index (χ1) is 6.56. The molecule has 0 unspecified atom stereocenters. The molecule has 1 aromatic carbocycles. The van der Waals surface area contributed by atoms with Crippen molar-refractivity contribution >= 4 is 30.1 Å². The first-order valence-corrected chi connectivity index (χ1v) is 5.12. The van der Waals surface area contributed by atoms with Gasteiger partial charge in [0.2, 0.25) is 0 Å². The largest absolute Gasteiger partial charge is 0.342 e.